The summed E-state index contributed by atoms with van der Waals surface area (Å²) < 4.78 is 0. The van der Waals surface area contributed by atoms with E-state index in [-0.39, 0.29) is 12.3 Å². The molecule has 2 rings (SSSR count). The lowest BCUT2D eigenvalue weighted by atomic mass is 10.1. The first-order valence-electron chi connectivity index (χ1n) is 6.05. The van der Waals surface area contributed by atoms with Crippen LogP contribution in [0.3, 0.4) is 0 Å². The zero-order valence-corrected chi connectivity index (χ0v) is 10.1. The summed E-state index contributed by atoms with van der Waals surface area (Å²) in [5, 5.41) is 5.81. The van der Waals surface area contributed by atoms with Crippen LogP contribution in [-0.4, -0.2) is 23.9 Å². The Bertz CT molecular complexity index is 429. The first-order chi connectivity index (χ1) is 8.65. The van der Waals surface area contributed by atoms with Crippen LogP contribution in [0.1, 0.15) is 19.3 Å². The van der Waals surface area contributed by atoms with Gasteiger partial charge in [0.15, 0.2) is 0 Å². The molecule has 1 aliphatic rings. The molecular weight excluding hydrogens is 230 g/mol. The van der Waals surface area contributed by atoms with Gasteiger partial charge in [-0.3, -0.25) is 9.59 Å². The van der Waals surface area contributed by atoms with Crippen molar-refractivity contribution < 1.29 is 9.59 Å². The van der Waals surface area contributed by atoms with E-state index in [0.717, 1.165) is 18.5 Å². The van der Waals surface area contributed by atoms with Crippen molar-refractivity contribution in [1.82, 2.24) is 5.32 Å². The van der Waals surface area contributed by atoms with Crippen molar-refractivity contribution in [3.8, 4) is 0 Å². The van der Waals surface area contributed by atoms with Crippen molar-refractivity contribution >= 4 is 17.5 Å². The number of nitrogens with two attached hydrogens (primary N) is 1. The van der Waals surface area contributed by atoms with Gasteiger partial charge in [-0.1, -0.05) is 18.2 Å². The molecule has 1 aromatic carbocycles. The minimum atomic E-state index is -0.675. The third kappa shape index (κ3) is 3.76. The molecule has 0 heterocycles. The number of anilines is 1. The minimum absolute atomic E-state index is 0.0702. The highest BCUT2D eigenvalue weighted by Crippen LogP contribution is 2.19. The number of benzene rings is 1. The summed E-state index contributed by atoms with van der Waals surface area (Å²) in [6.45, 7) is 0. The van der Waals surface area contributed by atoms with E-state index in [1.165, 1.54) is 0 Å². The SMILES string of the molecule is NC(=O)C(CC(=O)NC1CC1)Nc1ccccc1. The molecule has 0 saturated heterocycles. The van der Waals surface area contributed by atoms with E-state index in [0.29, 0.717) is 6.04 Å². The van der Waals surface area contributed by atoms with Crippen molar-refractivity contribution in [3.63, 3.8) is 0 Å². The van der Waals surface area contributed by atoms with Crippen LogP contribution < -0.4 is 16.4 Å². The molecule has 1 aromatic rings. The maximum Gasteiger partial charge on any atom is 0.240 e. The molecule has 1 atom stereocenters. The van der Waals surface area contributed by atoms with Gasteiger partial charge >= 0.3 is 0 Å². The number of amides is 2. The van der Waals surface area contributed by atoms with Gasteiger partial charge in [-0.05, 0) is 25.0 Å². The third-order valence-corrected chi connectivity index (χ3v) is 2.79. The van der Waals surface area contributed by atoms with Gasteiger partial charge in [0.1, 0.15) is 6.04 Å². The Balaban J connectivity index is 1.91. The van der Waals surface area contributed by atoms with Crippen molar-refractivity contribution in [2.45, 2.75) is 31.3 Å². The van der Waals surface area contributed by atoms with Crippen LogP contribution in [0.15, 0.2) is 30.3 Å². The summed E-state index contributed by atoms with van der Waals surface area (Å²) in [7, 11) is 0. The van der Waals surface area contributed by atoms with Crippen LogP contribution in [0.5, 0.6) is 0 Å². The number of carbonyl (C=O) groups excluding carboxylic acids is 2. The van der Waals surface area contributed by atoms with Gasteiger partial charge in [0.25, 0.3) is 0 Å². The van der Waals surface area contributed by atoms with Gasteiger partial charge in [0.2, 0.25) is 11.8 Å². The molecular formula is C13H17N3O2. The van der Waals surface area contributed by atoms with Gasteiger partial charge in [-0.2, -0.15) is 0 Å². The lowest BCUT2D eigenvalue weighted by molar-refractivity contribution is -0.125. The topological polar surface area (TPSA) is 84.2 Å². The second-order valence-corrected chi connectivity index (χ2v) is 4.51. The first-order valence-corrected chi connectivity index (χ1v) is 6.05. The molecule has 1 unspecified atom stereocenters. The highest BCUT2D eigenvalue weighted by molar-refractivity contribution is 5.89. The van der Waals surface area contributed by atoms with Crippen LogP contribution >= 0.6 is 0 Å². The molecule has 1 aliphatic carbocycles. The van der Waals surface area contributed by atoms with Crippen LogP contribution in [-0.2, 0) is 9.59 Å². The van der Waals surface area contributed by atoms with Gasteiger partial charge in [-0.25, -0.2) is 0 Å². The fourth-order valence-electron chi connectivity index (χ4n) is 1.66. The average molecular weight is 247 g/mol. The largest absolute Gasteiger partial charge is 0.373 e. The van der Waals surface area contributed by atoms with E-state index in [9.17, 15) is 9.59 Å². The first kappa shape index (κ1) is 12.4. The molecule has 0 spiro atoms. The second kappa shape index (κ2) is 5.53. The molecule has 18 heavy (non-hydrogen) atoms. The van der Waals surface area contributed by atoms with E-state index in [1.807, 2.05) is 30.3 Å². The summed E-state index contributed by atoms with van der Waals surface area (Å²) in [5.74, 6) is -0.658. The van der Waals surface area contributed by atoms with Crippen molar-refractivity contribution in [2.75, 3.05) is 5.32 Å². The molecule has 0 bridgehead atoms. The fraction of sp³-hybridized carbons (Fsp3) is 0.385. The Morgan fingerprint density at radius 2 is 1.94 bits per heavy atom. The highest BCUT2D eigenvalue weighted by atomic mass is 16.2. The molecule has 5 heteroatoms. The number of para-hydroxylation sites is 1. The number of hydrogen-bond donors (Lipinski definition) is 3. The molecule has 5 nitrogen and oxygen atoms in total. The summed E-state index contributed by atoms with van der Waals surface area (Å²) in [4.78, 5) is 23.0. The molecule has 2 amide bonds. The van der Waals surface area contributed by atoms with Crippen molar-refractivity contribution in [1.29, 1.82) is 0 Å². The summed E-state index contributed by atoms with van der Waals surface area (Å²) >= 11 is 0. The quantitative estimate of drug-likeness (QED) is 0.689. The number of carbonyl (C=O) groups is 2. The Morgan fingerprint density at radius 3 is 2.50 bits per heavy atom. The van der Waals surface area contributed by atoms with Crippen molar-refractivity contribution in [2.24, 2.45) is 5.73 Å². The molecule has 1 fully saturated rings. The predicted octanol–water partition coefficient (Wildman–Crippen LogP) is 0.621. The maximum absolute atomic E-state index is 11.6. The van der Waals surface area contributed by atoms with Gasteiger partial charge in [0.05, 0.1) is 6.42 Å². The zero-order valence-electron chi connectivity index (χ0n) is 10.1. The normalized spacial score (nSPS) is 15.8. The van der Waals surface area contributed by atoms with Crippen LogP contribution in [0, 0.1) is 0 Å². The molecule has 0 aliphatic heterocycles. The smallest absolute Gasteiger partial charge is 0.240 e. The van der Waals surface area contributed by atoms with Gasteiger partial charge in [-0.15, -0.1) is 0 Å². The molecule has 0 aromatic heterocycles. The minimum Gasteiger partial charge on any atom is -0.373 e. The molecule has 4 N–H and O–H groups in total. The molecule has 1 saturated carbocycles. The summed E-state index contributed by atoms with van der Waals surface area (Å²) in [6.07, 6.45) is 2.12. The van der Waals surface area contributed by atoms with E-state index in [1.54, 1.807) is 0 Å². The molecule has 96 valence electrons. The van der Waals surface area contributed by atoms with E-state index in [4.69, 9.17) is 5.73 Å². The lowest BCUT2D eigenvalue weighted by Crippen LogP contribution is -2.40. The number of nitrogens with one attached hydrogen (secondary N) is 2. The van der Waals surface area contributed by atoms with Crippen LogP contribution in [0.2, 0.25) is 0 Å². The standard InChI is InChI=1S/C13H17N3O2/c14-13(18)11(8-12(17)16-10-6-7-10)15-9-4-2-1-3-5-9/h1-5,10-11,15H,6-8H2,(H2,14,18)(H,16,17). The van der Waals surface area contributed by atoms with Crippen LogP contribution in [0.25, 0.3) is 0 Å². The summed E-state index contributed by atoms with van der Waals surface area (Å²) in [6, 6.07) is 8.86. The monoisotopic (exact) mass is 247 g/mol. The van der Waals surface area contributed by atoms with Crippen molar-refractivity contribution in [3.05, 3.63) is 30.3 Å². The predicted molar refractivity (Wildman–Crippen MR) is 68.8 cm³/mol. The fourth-order valence-corrected chi connectivity index (χ4v) is 1.66. The number of primary amides is 1. The highest BCUT2D eigenvalue weighted by Gasteiger charge is 2.26. The second-order valence-electron chi connectivity index (χ2n) is 4.51. The Morgan fingerprint density at radius 1 is 1.28 bits per heavy atom. The average Bonchev–Trinajstić information content (AvgIpc) is 3.13. The van der Waals surface area contributed by atoms with E-state index in [2.05, 4.69) is 10.6 Å². The Hall–Kier alpha value is -2.04. The van der Waals surface area contributed by atoms with Gasteiger partial charge < -0.3 is 16.4 Å². The Kier molecular flexibility index (Phi) is 3.82. The van der Waals surface area contributed by atoms with E-state index < -0.39 is 11.9 Å². The van der Waals surface area contributed by atoms with E-state index >= 15 is 0 Å². The maximum atomic E-state index is 11.6. The summed E-state index contributed by atoms with van der Waals surface area (Å²) in [5.41, 5.74) is 6.08. The number of hydrogen-bond acceptors (Lipinski definition) is 3. The lowest BCUT2D eigenvalue weighted by Gasteiger charge is -2.16. The Labute approximate surface area is 106 Å². The van der Waals surface area contributed by atoms with Gasteiger partial charge in [0, 0.05) is 11.7 Å². The number of rotatable bonds is 6. The van der Waals surface area contributed by atoms with Crippen LogP contribution in [0.4, 0.5) is 5.69 Å². The molecule has 0 radical (unpaired) electrons. The zero-order chi connectivity index (χ0) is 13.0. The third-order valence-electron chi connectivity index (χ3n) is 2.79.